The van der Waals surface area contributed by atoms with Gasteiger partial charge in [-0.15, -0.1) is 11.3 Å². The van der Waals surface area contributed by atoms with Gasteiger partial charge in [0.05, 0.1) is 12.6 Å². The Balaban J connectivity index is 1.68. The molecule has 25 heavy (non-hydrogen) atoms. The molecule has 0 N–H and O–H groups in total. The molecule has 1 amide bonds. The summed E-state index contributed by atoms with van der Waals surface area (Å²) in [6.45, 7) is 7.53. The molecule has 2 heterocycles. The van der Waals surface area contributed by atoms with Gasteiger partial charge >= 0.3 is 0 Å². The number of carbonyl (C=O) groups is 1. The van der Waals surface area contributed by atoms with E-state index in [1.807, 2.05) is 17.4 Å². The molecule has 0 saturated heterocycles. The molecule has 0 fully saturated rings. The number of rotatable bonds is 7. The Kier molecular flexibility index (Phi) is 6.27. The van der Waals surface area contributed by atoms with E-state index >= 15 is 0 Å². The fourth-order valence-electron chi connectivity index (χ4n) is 3.79. The van der Waals surface area contributed by atoms with Crippen molar-refractivity contribution < 1.29 is 4.79 Å². The molecule has 1 aromatic carbocycles. The number of fused-ring (bicyclic) bond motifs is 1. The minimum absolute atomic E-state index is 0.253. The Morgan fingerprint density at radius 1 is 1.24 bits per heavy atom. The molecule has 134 valence electrons. The molecule has 3 rings (SSSR count). The summed E-state index contributed by atoms with van der Waals surface area (Å²) in [5, 5.41) is 2.17. The van der Waals surface area contributed by atoms with Crippen molar-refractivity contribution in [3.63, 3.8) is 0 Å². The van der Waals surface area contributed by atoms with Crippen molar-refractivity contribution in [2.24, 2.45) is 0 Å². The van der Waals surface area contributed by atoms with Gasteiger partial charge in [-0.05, 0) is 48.4 Å². The molecule has 3 nitrogen and oxygen atoms in total. The molecule has 1 aliphatic heterocycles. The van der Waals surface area contributed by atoms with Crippen LogP contribution in [0.3, 0.4) is 0 Å². The summed E-state index contributed by atoms with van der Waals surface area (Å²) in [4.78, 5) is 18.9. The third kappa shape index (κ3) is 4.31. The summed E-state index contributed by atoms with van der Waals surface area (Å²) in [6.07, 6.45) is 3.05. The quantitative estimate of drug-likeness (QED) is 0.729. The van der Waals surface area contributed by atoms with Crippen LogP contribution >= 0.6 is 11.3 Å². The van der Waals surface area contributed by atoms with Gasteiger partial charge < -0.3 is 4.90 Å². The average molecular weight is 357 g/mol. The molecule has 4 heteroatoms. The molecule has 1 aromatic heterocycles. The van der Waals surface area contributed by atoms with E-state index in [-0.39, 0.29) is 11.9 Å². The third-order valence-corrected chi connectivity index (χ3v) is 5.95. The first-order valence-electron chi connectivity index (χ1n) is 9.35. The highest BCUT2D eigenvalue weighted by atomic mass is 32.1. The van der Waals surface area contributed by atoms with E-state index in [2.05, 4.69) is 59.4 Å². The number of thiophene rings is 1. The largest absolute Gasteiger partial charge is 0.334 e. The first-order valence-corrected chi connectivity index (χ1v) is 10.2. The van der Waals surface area contributed by atoms with Crippen molar-refractivity contribution in [2.75, 3.05) is 19.6 Å². The standard InChI is InChI=1S/C21H28N2OS/c1-3-12-22(15-17-8-6-5-7-9-17)16-21(24)23-13-10-20-18(11-14-25-20)19(23)4-2/h5-9,11,14,19H,3-4,10,12-13,15-16H2,1-2H3. The van der Waals surface area contributed by atoms with Crippen LogP contribution in [0.1, 0.15) is 48.7 Å². The first kappa shape index (κ1) is 18.2. The Labute approximate surface area is 155 Å². The highest BCUT2D eigenvalue weighted by molar-refractivity contribution is 7.10. The summed E-state index contributed by atoms with van der Waals surface area (Å²) in [5.74, 6) is 0.271. The van der Waals surface area contributed by atoms with Crippen molar-refractivity contribution >= 4 is 17.2 Å². The maximum atomic E-state index is 13.1. The van der Waals surface area contributed by atoms with Crippen molar-refractivity contribution in [1.29, 1.82) is 0 Å². The molecule has 1 atom stereocenters. The van der Waals surface area contributed by atoms with Gasteiger partial charge in [-0.1, -0.05) is 44.2 Å². The first-order chi connectivity index (χ1) is 12.2. The zero-order chi connectivity index (χ0) is 17.6. The number of hydrogen-bond donors (Lipinski definition) is 0. The highest BCUT2D eigenvalue weighted by Crippen LogP contribution is 2.35. The summed E-state index contributed by atoms with van der Waals surface area (Å²) >= 11 is 1.83. The third-order valence-electron chi connectivity index (χ3n) is 4.95. The summed E-state index contributed by atoms with van der Waals surface area (Å²) in [5.41, 5.74) is 2.65. The second kappa shape index (κ2) is 8.63. The molecule has 0 saturated carbocycles. The van der Waals surface area contributed by atoms with Crippen molar-refractivity contribution in [1.82, 2.24) is 9.80 Å². The summed E-state index contributed by atoms with van der Waals surface area (Å²) < 4.78 is 0. The van der Waals surface area contributed by atoms with Crippen LogP contribution in [0.25, 0.3) is 0 Å². The number of hydrogen-bond acceptors (Lipinski definition) is 3. The predicted molar refractivity (Wildman–Crippen MR) is 105 cm³/mol. The second-order valence-corrected chi connectivity index (χ2v) is 7.76. The fraction of sp³-hybridized carbons (Fsp3) is 0.476. The Bertz CT molecular complexity index is 682. The van der Waals surface area contributed by atoms with Crippen molar-refractivity contribution in [2.45, 2.75) is 45.7 Å². The Morgan fingerprint density at radius 3 is 2.76 bits per heavy atom. The van der Waals surface area contributed by atoms with Gasteiger partial charge in [0.15, 0.2) is 0 Å². The average Bonchev–Trinajstić information content (AvgIpc) is 3.10. The van der Waals surface area contributed by atoms with E-state index in [9.17, 15) is 4.79 Å². The molecule has 0 bridgehead atoms. The van der Waals surface area contributed by atoms with E-state index in [0.717, 1.165) is 38.9 Å². The number of carbonyl (C=O) groups excluding carboxylic acids is 1. The van der Waals surface area contributed by atoms with Crippen LogP contribution in [0.2, 0.25) is 0 Å². The molecular formula is C21H28N2OS. The van der Waals surface area contributed by atoms with Gasteiger partial charge in [0.25, 0.3) is 0 Å². The minimum atomic E-state index is 0.253. The number of benzene rings is 1. The lowest BCUT2D eigenvalue weighted by molar-refractivity contribution is -0.135. The smallest absolute Gasteiger partial charge is 0.237 e. The Hall–Kier alpha value is -1.65. The van der Waals surface area contributed by atoms with Crippen LogP contribution in [-0.2, 0) is 17.8 Å². The summed E-state index contributed by atoms with van der Waals surface area (Å²) in [6, 6.07) is 12.9. The molecule has 0 aliphatic carbocycles. The fourth-order valence-corrected chi connectivity index (χ4v) is 4.72. The van der Waals surface area contributed by atoms with Gasteiger partial charge in [-0.2, -0.15) is 0 Å². The van der Waals surface area contributed by atoms with Crippen LogP contribution in [0, 0.1) is 0 Å². The molecule has 0 spiro atoms. The van der Waals surface area contributed by atoms with Crippen LogP contribution < -0.4 is 0 Å². The van der Waals surface area contributed by atoms with Crippen LogP contribution in [-0.4, -0.2) is 35.3 Å². The zero-order valence-corrected chi connectivity index (χ0v) is 16.1. The lowest BCUT2D eigenvalue weighted by Crippen LogP contribution is -2.44. The van der Waals surface area contributed by atoms with Gasteiger partial charge in [0, 0.05) is 18.0 Å². The maximum absolute atomic E-state index is 13.1. The van der Waals surface area contributed by atoms with Gasteiger partial charge in [-0.3, -0.25) is 9.69 Å². The van der Waals surface area contributed by atoms with E-state index in [1.165, 1.54) is 16.0 Å². The second-order valence-electron chi connectivity index (χ2n) is 6.76. The van der Waals surface area contributed by atoms with Crippen molar-refractivity contribution in [3.05, 3.63) is 57.8 Å². The van der Waals surface area contributed by atoms with E-state index in [0.29, 0.717) is 6.54 Å². The lowest BCUT2D eigenvalue weighted by Gasteiger charge is -2.37. The monoisotopic (exact) mass is 356 g/mol. The Morgan fingerprint density at radius 2 is 2.04 bits per heavy atom. The minimum Gasteiger partial charge on any atom is -0.334 e. The summed E-state index contributed by atoms with van der Waals surface area (Å²) in [7, 11) is 0. The molecular weight excluding hydrogens is 328 g/mol. The molecule has 1 unspecified atom stereocenters. The van der Waals surface area contributed by atoms with Crippen LogP contribution in [0.5, 0.6) is 0 Å². The zero-order valence-electron chi connectivity index (χ0n) is 15.3. The molecule has 0 radical (unpaired) electrons. The van der Waals surface area contributed by atoms with Gasteiger partial charge in [0.1, 0.15) is 0 Å². The normalized spacial score (nSPS) is 16.9. The number of nitrogens with zero attached hydrogens (tertiary/aromatic N) is 2. The highest BCUT2D eigenvalue weighted by Gasteiger charge is 2.30. The van der Waals surface area contributed by atoms with Crippen LogP contribution in [0.4, 0.5) is 0 Å². The van der Waals surface area contributed by atoms with Crippen molar-refractivity contribution in [3.8, 4) is 0 Å². The molecule has 1 aliphatic rings. The SMILES string of the molecule is CCCN(CC(=O)N1CCc2sccc2C1CC)Cc1ccccc1. The predicted octanol–water partition coefficient (Wildman–Crippen LogP) is 4.50. The maximum Gasteiger partial charge on any atom is 0.237 e. The van der Waals surface area contributed by atoms with E-state index < -0.39 is 0 Å². The van der Waals surface area contributed by atoms with Crippen LogP contribution in [0.15, 0.2) is 41.8 Å². The molecule has 2 aromatic rings. The lowest BCUT2D eigenvalue weighted by atomic mass is 9.97. The topological polar surface area (TPSA) is 23.6 Å². The van der Waals surface area contributed by atoms with Gasteiger partial charge in [0.2, 0.25) is 5.91 Å². The van der Waals surface area contributed by atoms with E-state index in [4.69, 9.17) is 0 Å². The van der Waals surface area contributed by atoms with E-state index in [1.54, 1.807) is 0 Å². The number of amides is 1. The van der Waals surface area contributed by atoms with Gasteiger partial charge in [-0.25, -0.2) is 0 Å².